The molecule has 0 saturated heterocycles. The van der Waals surface area contributed by atoms with E-state index in [1.54, 1.807) is 0 Å². The van der Waals surface area contributed by atoms with Crippen molar-refractivity contribution in [1.82, 2.24) is 0 Å². The Hall–Kier alpha value is -0.0400. The van der Waals surface area contributed by atoms with E-state index in [9.17, 15) is 0 Å². The molecule has 3 aliphatic rings. The first-order valence-electron chi connectivity index (χ1n) is 3.52. The van der Waals surface area contributed by atoms with Crippen molar-refractivity contribution >= 4 is 0 Å². The Labute approximate surface area is 49.7 Å². The van der Waals surface area contributed by atoms with Crippen molar-refractivity contribution in [2.24, 2.45) is 11.8 Å². The lowest BCUT2D eigenvalue weighted by Gasteiger charge is -2.43. The first-order chi connectivity index (χ1) is 3.84. The summed E-state index contributed by atoms with van der Waals surface area (Å²) in [5.41, 5.74) is 0. The number of aliphatic hydroxyl groups is 1. The largest absolute Gasteiger partial charge is 0.393 e. The quantitative estimate of drug-likeness (QED) is 0.498. The molecule has 0 aromatic heterocycles. The number of rotatable bonds is 0. The van der Waals surface area contributed by atoms with E-state index in [0.29, 0.717) is 0 Å². The molecule has 0 spiro atoms. The molecule has 1 nitrogen and oxygen atoms in total. The lowest BCUT2D eigenvalue weighted by molar-refractivity contribution is -0.000948. The Balaban J connectivity index is 1.97. The van der Waals surface area contributed by atoms with Crippen molar-refractivity contribution in [3.8, 4) is 0 Å². The lowest BCUT2D eigenvalue weighted by atomic mass is 9.64. The van der Waals surface area contributed by atoms with E-state index in [1.807, 2.05) is 0 Å². The summed E-state index contributed by atoms with van der Waals surface area (Å²) in [4.78, 5) is 0. The van der Waals surface area contributed by atoms with E-state index in [4.69, 9.17) is 5.11 Å². The maximum absolute atomic E-state index is 9.11. The van der Waals surface area contributed by atoms with Gasteiger partial charge in [-0.25, -0.2) is 0 Å². The highest BCUT2D eigenvalue weighted by Gasteiger charge is 2.36. The lowest BCUT2D eigenvalue weighted by Crippen LogP contribution is -2.36. The highest BCUT2D eigenvalue weighted by atomic mass is 16.3. The van der Waals surface area contributed by atoms with Crippen molar-refractivity contribution < 1.29 is 5.11 Å². The molecule has 0 amide bonds. The monoisotopic (exact) mass is 112 g/mol. The molecule has 0 heterocycles. The Morgan fingerprint density at radius 3 is 1.62 bits per heavy atom. The van der Waals surface area contributed by atoms with Crippen molar-refractivity contribution in [3.63, 3.8) is 0 Å². The summed E-state index contributed by atoms with van der Waals surface area (Å²) in [6.07, 6.45) is 5.08. The zero-order valence-electron chi connectivity index (χ0n) is 5.01. The zero-order valence-corrected chi connectivity index (χ0v) is 5.01. The molecule has 3 rings (SSSR count). The number of hydrogen-bond donors (Lipinski definition) is 1. The van der Waals surface area contributed by atoms with Crippen LogP contribution in [0.25, 0.3) is 0 Å². The van der Waals surface area contributed by atoms with Gasteiger partial charge in [-0.1, -0.05) is 0 Å². The van der Waals surface area contributed by atoms with E-state index < -0.39 is 0 Å². The smallest absolute Gasteiger partial charge is 0.0545 e. The molecule has 1 N–H and O–H groups in total. The minimum absolute atomic E-state index is 0.0625. The number of hydrogen-bond acceptors (Lipinski definition) is 1. The average molecular weight is 112 g/mol. The van der Waals surface area contributed by atoms with Gasteiger partial charge < -0.3 is 5.11 Å². The second-order valence-electron chi connectivity index (χ2n) is 3.33. The Kier molecular flexibility index (Phi) is 0.884. The Morgan fingerprint density at radius 1 is 0.875 bits per heavy atom. The SMILES string of the molecule is OC1CC2CC(C1)C2. The third kappa shape index (κ3) is 0.576. The molecule has 0 radical (unpaired) electrons. The molecule has 0 atom stereocenters. The van der Waals surface area contributed by atoms with Gasteiger partial charge in [-0.15, -0.1) is 0 Å². The zero-order chi connectivity index (χ0) is 5.56. The van der Waals surface area contributed by atoms with E-state index in [1.165, 1.54) is 12.8 Å². The molecule has 3 aliphatic carbocycles. The minimum atomic E-state index is 0.0625. The van der Waals surface area contributed by atoms with Crippen LogP contribution >= 0.6 is 0 Å². The van der Waals surface area contributed by atoms with Gasteiger partial charge in [0.25, 0.3) is 0 Å². The fraction of sp³-hybridized carbons (Fsp3) is 1.00. The topological polar surface area (TPSA) is 20.2 Å². The van der Waals surface area contributed by atoms with Crippen LogP contribution in [0.2, 0.25) is 0 Å². The minimum Gasteiger partial charge on any atom is -0.393 e. The van der Waals surface area contributed by atoms with Gasteiger partial charge in [0.2, 0.25) is 0 Å². The van der Waals surface area contributed by atoms with Gasteiger partial charge in [0, 0.05) is 0 Å². The summed E-state index contributed by atoms with van der Waals surface area (Å²) in [6, 6.07) is 0. The Morgan fingerprint density at radius 2 is 1.38 bits per heavy atom. The average Bonchev–Trinajstić information content (AvgIpc) is 1.62. The summed E-state index contributed by atoms with van der Waals surface area (Å²) >= 11 is 0. The predicted octanol–water partition coefficient (Wildman–Crippen LogP) is 1.17. The van der Waals surface area contributed by atoms with Crippen LogP contribution in [0, 0.1) is 11.8 Å². The maximum Gasteiger partial charge on any atom is 0.0545 e. The normalized spacial score (nSPS) is 52.9. The van der Waals surface area contributed by atoms with Gasteiger partial charge in [0.1, 0.15) is 0 Å². The second-order valence-corrected chi connectivity index (χ2v) is 3.33. The molecule has 0 aromatic rings. The van der Waals surface area contributed by atoms with Gasteiger partial charge in [-0.3, -0.25) is 0 Å². The molecule has 3 saturated carbocycles. The highest BCUT2D eigenvalue weighted by Crippen LogP contribution is 2.45. The molecule has 0 unspecified atom stereocenters. The van der Waals surface area contributed by atoms with Gasteiger partial charge in [0.05, 0.1) is 6.10 Å². The van der Waals surface area contributed by atoms with Crippen LogP contribution in [0.1, 0.15) is 25.7 Å². The van der Waals surface area contributed by atoms with Gasteiger partial charge in [-0.2, -0.15) is 0 Å². The van der Waals surface area contributed by atoms with Crippen LogP contribution in [0.5, 0.6) is 0 Å². The molecule has 46 valence electrons. The summed E-state index contributed by atoms with van der Waals surface area (Å²) < 4.78 is 0. The second kappa shape index (κ2) is 1.47. The van der Waals surface area contributed by atoms with Gasteiger partial charge in [-0.05, 0) is 37.5 Å². The maximum atomic E-state index is 9.11. The van der Waals surface area contributed by atoms with E-state index in [0.717, 1.165) is 24.7 Å². The first-order valence-corrected chi connectivity index (χ1v) is 3.52. The van der Waals surface area contributed by atoms with E-state index in [2.05, 4.69) is 0 Å². The van der Waals surface area contributed by atoms with Crippen LogP contribution in [-0.2, 0) is 0 Å². The number of aliphatic hydroxyl groups excluding tert-OH is 1. The van der Waals surface area contributed by atoms with E-state index >= 15 is 0 Å². The van der Waals surface area contributed by atoms with E-state index in [-0.39, 0.29) is 6.10 Å². The van der Waals surface area contributed by atoms with Crippen molar-refractivity contribution in [3.05, 3.63) is 0 Å². The molecule has 0 aromatic carbocycles. The number of fused-ring (bicyclic) bond motifs is 2. The highest BCUT2D eigenvalue weighted by molar-refractivity contribution is 4.88. The van der Waals surface area contributed by atoms with Crippen LogP contribution in [0.3, 0.4) is 0 Å². The first kappa shape index (κ1) is 4.80. The Bertz CT molecular complexity index is 84.6. The van der Waals surface area contributed by atoms with Crippen LogP contribution in [0.15, 0.2) is 0 Å². The third-order valence-electron chi connectivity index (χ3n) is 2.54. The van der Waals surface area contributed by atoms with Gasteiger partial charge in [0.15, 0.2) is 0 Å². The van der Waals surface area contributed by atoms with Crippen molar-refractivity contribution in [1.29, 1.82) is 0 Å². The summed E-state index contributed by atoms with van der Waals surface area (Å²) in [6.45, 7) is 0. The fourth-order valence-corrected chi connectivity index (χ4v) is 2.12. The molecule has 3 fully saturated rings. The standard InChI is InChI=1S/C7H12O/c8-7-3-5-1-6(2-5)4-7/h5-8H,1-4H2. The molecular weight excluding hydrogens is 100 g/mol. The third-order valence-corrected chi connectivity index (χ3v) is 2.54. The van der Waals surface area contributed by atoms with Crippen LogP contribution in [-0.4, -0.2) is 11.2 Å². The van der Waals surface area contributed by atoms with Crippen LogP contribution < -0.4 is 0 Å². The van der Waals surface area contributed by atoms with Crippen molar-refractivity contribution in [2.75, 3.05) is 0 Å². The molecule has 2 bridgehead atoms. The molecular formula is C7H12O. The fourth-order valence-electron chi connectivity index (χ4n) is 2.12. The van der Waals surface area contributed by atoms with Crippen LogP contribution in [0.4, 0.5) is 0 Å². The molecule has 0 aliphatic heterocycles. The molecule has 1 heteroatoms. The summed E-state index contributed by atoms with van der Waals surface area (Å²) in [5.74, 6) is 1.81. The van der Waals surface area contributed by atoms with Gasteiger partial charge >= 0.3 is 0 Å². The summed E-state index contributed by atoms with van der Waals surface area (Å²) in [7, 11) is 0. The van der Waals surface area contributed by atoms with Crippen molar-refractivity contribution in [2.45, 2.75) is 31.8 Å². The molecule has 8 heavy (non-hydrogen) atoms. The predicted molar refractivity (Wildman–Crippen MR) is 31.5 cm³/mol. The summed E-state index contributed by atoms with van der Waals surface area (Å²) in [5, 5.41) is 9.11.